The third-order valence-electron chi connectivity index (χ3n) is 12.2. The first-order chi connectivity index (χ1) is 19.5. The molecule has 0 amide bonds. The van der Waals surface area contributed by atoms with Gasteiger partial charge in [-0.3, -0.25) is 0 Å². The van der Waals surface area contributed by atoms with Gasteiger partial charge in [-0.1, -0.05) is 75.0 Å². The summed E-state index contributed by atoms with van der Waals surface area (Å²) in [6.07, 6.45) is 24.0. The van der Waals surface area contributed by atoms with Crippen LogP contribution in [0.3, 0.4) is 0 Å². The van der Waals surface area contributed by atoms with Gasteiger partial charge in [-0.15, -0.1) is 22.7 Å². The Labute approximate surface area is 249 Å². The highest BCUT2D eigenvalue weighted by molar-refractivity contribution is 7.11. The van der Waals surface area contributed by atoms with Crippen molar-refractivity contribution in [1.82, 2.24) is 0 Å². The van der Waals surface area contributed by atoms with Crippen molar-refractivity contribution in [1.29, 1.82) is 0 Å². The first-order valence-electron chi connectivity index (χ1n) is 16.2. The molecule has 0 fully saturated rings. The van der Waals surface area contributed by atoms with Gasteiger partial charge in [-0.05, 0) is 121 Å². The highest BCUT2D eigenvalue weighted by Crippen LogP contribution is 2.71. The third-order valence-corrected chi connectivity index (χ3v) is 14.2. The molecule has 40 heavy (non-hydrogen) atoms. The van der Waals surface area contributed by atoms with E-state index in [1.54, 1.807) is 54.3 Å². The molecule has 2 spiro atoms. The quantitative estimate of drug-likeness (QED) is 0.306. The van der Waals surface area contributed by atoms with Crippen LogP contribution in [0.4, 0.5) is 0 Å². The van der Waals surface area contributed by atoms with Crippen molar-refractivity contribution in [3.63, 3.8) is 0 Å². The average molecular weight is 565 g/mol. The van der Waals surface area contributed by atoms with Crippen LogP contribution in [-0.2, 0) is 0 Å². The lowest BCUT2D eigenvalue weighted by molar-refractivity contribution is 0.239. The SMILES string of the molecule is CCCCC1c2ccsc2C2=C/C(=C3\C=C4c5sccc5C(CCCC)C45CC=C(C)C3C5)C3CC21CC=C3C. The Morgan fingerprint density at radius 1 is 0.700 bits per heavy atom. The topological polar surface area (TPSA) is 0 Å². The molecule has 0 radical (unpaired) electrons. The molecular weight excluding hydrogens is 521 g/mol. The van der Waals surface area contributed by atoms with Crippen molar-refractivity contribution in [2.24, 2.45) is 22.7 Å². The molecule has 8 rings (SSSR count). The van der Waals surface area contributed by atoms with Crippen LogP contribution in [0.25, 0.3) is 11.1 Å². The van der Waals surface area contributed by atoms with E-state index in [0.717, 1.165) is 0 Å². The van der Waals surface area contributed by atoms with Crippen LogP contribution in [0.2, 0.25) is 0 Å². The van der Waals surface area contributed by atoms with Gasteiger partial charge in [0.25, 0.3) is 0 Å². The van der Waals surface area contributed by atoms with E-state index >= 15 is 0 Å². The van der Waals surface area contributed by atoms with Crippen LogP contribution in [0.1, 0.15) is 125 Å². The maximum atomic E-state index is 2.77. The highest BCUT2D eigenvalue weighted by Gasteiger charge is 2.57. The summed E-state index contributed by atoms with van der Waals surface area (Å²) in [5.74, 6) is 2.55. The Kier molecular flexibility index (Phi) is 5.99. The van der Waals surface area contributed by atoms with E-state index in [-0.39, 0.29) is 0 Å². The zero-order valence-electron chi connectivity index (χ0n) is 24.8. The number of rotatable bonds is 6. The summed E-state index contributed by atoms with van der Waals surface area (Å²) in [7, 11) is 0. The normalized spacial score (nSPS) is 36.7. The Morgan fingerprint density at radius 2 is 1.15 bits per heavy atom. The van der Waals surface area contributed by atoms with Crippen molar-refractivity contribution in [3.8, 4) is 0 Å². The van der Waals surface area contributed by atoms with E-state index in [2.05, 4.69) is 74.9 Å². The molecule has 4 bridgehead atoms. The second-order valence-corrected chi connectivity index (χ2v) is 15.8. The summed E-state index contributed by atoms with van der Waals surface area (Å²) in [6.45, 7) is 9.61. The molecule has 2 heteroatoms. The number of unbranched alkanes of at least 4 members (excludes halogenated alkanes) is 2. The number of hydrogen-bond acceptors (Lipinski definition) is 2. The Balaban J connectivity index is 1.34. The minimum atomic E-state index is 0.328. The monoisotopic (exact) mass is 564 g/mol. The second kappa shape index (κ2) is 9.30. The molecule has 208 valence electrons. The van der Waals surface area contributed by atoms with Gasteiger partial charge in [0.05, 0.1) is 0 Å². The summed E-state index contributed by atoms with van der Waals surface area (Å²) in [5, 5.41) is 4.75. The van der Waals surface area contributed by atoms with E-state index in [4.69, 9.17) is 0 Å². The van der Waals surface area contributed by atoms with Crippen LogP contribution in [0.15, 0.2) is 69.5 Å². The van der Waals surface area contributed by atoms with Gasteiger partial charge in [0.1, 0.15) is 0 Å². The lowest BCUT2D eigenvalue weighted by Crippen LogP contribution is -2.38. The van der Waals surface area contributed by atoms with Crippen LogP contribution < -0.4 is 0 Å². The van der Waals surface area contributed by atoms with E-state index in [1.807, 2.05) is 22.7 Å². The maximum absolute atomic E-state index is 2.77. The Morgan fingerprint density at radius 3 is 1.57 bits per heavy atom. The predicted molar refractivity (Wildman–Crippen MR) is 174 cm³/mol. The van der Waals surface area contributed by atoms with Crippen LogP contribution in [0, 0.1) is 22.7 Å². The van der Waals surface area contributed by atoms with Crippen molar-refractivity contribution in [2.45, 2.75) is 104 Å². The Bertz CT molecular complexity index is 1420. The van der Waals surface area contributed by atoms with Crippen molar-refractivity contribution in [2.75, 3.05) is 0 Å². The summed E-state index contributed by atoms with van der Waals surface area (Å²) in [6, 6.07) is 4.97. The molecule has 0 saturated heterocycles. The molecule has 2 aromatic rings. The smallest absolute Gasteiger partial charge is 0.0343 e. The fourth-order valence-corrected chi connectivity index (χ4v) is 12.3. The standard InChI is InChI=1S/C38H44S2/c1-5-7-9-31-25-13-17-39-35(25)33-19-27(29-21-37(31,33)15-11-23(29)3)28-20-34-36-26(14-18-40-36)32(10-8-6-2)38(34)16-12-24(4)30(28)22-38/h11-14,17-20,29-32H,5-10,15-16,21-22H2,1-4H3/b28-27-. The number of hydrogen-bond donors (Lipinski definition) is 0. The lowest BCUT2D eigenvalue weighted by Gasteiger charge is -2.50. The zero-order chi connectivity index (χ0) is 27.2. The van der Waals surface area contributed by atoms with E-state index in [0.29, 0.717) is 34.5 Å². The zero-order valence-corrected chi connectivity index (χ0v) is 26.4. The molecule has 0 aromatic carbocycles. The first-order valence-corrected chi connectivity index (χ1v) is 18.0. The second-order valence-electron chi connectivity index (χ2n) is 14.0. The maximum Gasteiger partial charge on any atom is 0.0343 e. The third kappa shape index (κ3) is 3.30. The molecule has 6 aliphatic rings. The molecule has 6 unspecified atom stereocenters. The minimum absolute atomic E-state index is 0.328. The number of allylic oxidation sites excluding steroid dienone is 10. The van der Waals surface area contributed by atoms with Gasteiger partial charge in [0.2, 0.25) is 0 Å². The van der Waals surface area contributed by atoms with E-state index < -0.39 is 0 Å². The van der Waals surface area contributed by atoms with Crippen LogP contribution in [0.5, 0.6) is 0 Å². The van der Waals surface area contributed by atoms with Gasteiger partial charge in [0.15, 0.2) is 0 Å². The minimum Gasteiger partial charge on any atom is -0.144 e. The number of fused-ring (bicyclic) bond motifs is 6. The molecule has 6 aliphatic carbocycles. The van der Waals surface area contributed by atoms with Crippen molar-refractivity contribution >= 4 is 33.8 Å². The molecule has 0 N–H and O–H groups in total. The van der Waals surface area contributed by atoms with Crippen molar-refractivity contribution in [3.05, 3.63) is 90.4 Å². The van der Waals surface area contributed by atoms with E-state index in [9.17, 15) is 0 Å². The molecule has 2 heterocycles. The predicted octanol–water partition coefficient (Wildman–Crippen LogP) is 11.9. The largest absolute Gasteiger partial charge is 0.144 e. The van der Waals surface area contributed by atoms with E-state index in [1.165, 1.54) is 64.2 Å². The van der Waals surface area contributed by atoms with Crippen LogP contribution in [-0.4, -0.2) is 0 Å². The summed E-state index contributed by atoms with van der Waals surface area (Å²) < 4.78 is 0. The van der Waals surface area contributed by atoms with Gasteiger partial charge in [-0.25, -0.2) is 0 Å². The molecular formula is C38H44S2. The molecule has 6 atom stereocenters. The van der Waals surface area contributed by atoms with Gasteiger partial charge in [0, 0.05) is 32.4 Å². The molecule has 0 nitrogen and oxygen atoms in total. The number of thiophene rings is 2. The average Bonchev–Trinajstić information content (AvgIpc) is 3.72. The molecule has 0 aliphatic heterocycles. The Hall–Kier alpha value is -1.90. The fraction of sp³-hybridized carbons (Fsp3) is 0.526. The fourth-order valence-electron chi connectivity index (χ4n) is 10.1. The highest BCUT2D eigenvalue weighted by atomic mass is 32.1. The van der Waals surface area contributed by atoms with Gasteiger partial charge in [-0.2, -0.15) is 0 Å². The summed E-state index contributed by atoms with van der Waals surface area (Å²) in [5.41, 5.74) is 14.0. The summed E-state index contributed by atoms with van der Waals surface area (Å²) >= 11 is 4.04. The van der Waals surface area contributed by atoms with Crippen molar-refractivity contribution < 1.29 is 0 Å². The lowest BCUT2D eigenvalue weighted by atomic mass is 9.53. The molecule has 2 aromatic heterocycles. The van der Waals surface area contributed by atoms with Gasteiger partial charge >= 0.3 is 0 Å². The summed E-state index contributed by atoms with van der Waals surface area (Å²) in [4.78, 5) is 3.25. The first kappa shape index (κ1) is 25.8. The van der Waals surface area contributed by atoms with Gasteiger partial charge < -0.3 is 0 Å². The van der Waals surface area contributed by atoms with Crippen LogP contribution >= 0.6 is 22.7 Å². The molecule has 0 saturated carbocycles.